The molecule has 2 N–H and O–H groups in total. The standard InChI is InChI=1S/C23H20N4O3/c1-12-7-19(30-2)20(15-5-6-25-21(12)15)22(16-9-17(16)23(28)29)27-11-14-4-3-13(10-24)8-18(14)26-27/h3-8,11,16-17,22,25H,9H2,1-2H3,(H,28,29)/t16-,17-,22?/m0/s1. The molecular formula is C23H20N4O3. The number of carbonyl (C=O) groups is 1. The first-order chi connectivity index (χ1) is 14.5. The van der Waals surface area contributed by atoms with E-state index in [0.717, 1.165) is 33.2 Å². The predicted molar refractivity (Wildman–Crippen MR) is 111 cm³/mol. The van der Waals surface area contributed by atoms with Crippen molar-refractivity contribution in [1.29, 1.82) is 5.26 Å². The average Bonchev–Trinajstić information content (AvgIpc) is 3.18. The first-order valence-electron chi connectivity index (χ1n) is 9.78. The number of carboxylic acid groups (broad SMARTS) is 1. The summed E-state index contributed by atoms with van der Waals surface area (Å²) in [5, 5.41) is 25.5. The van der Waals surface area contributed by atoms with Gasteiger partial charge in [-0.15, -0.1) is 0 Å². The fourth-order valence-corrected chi connectivity index (χ4v) is 4.51. The number of methoxy groups -OCH3 is 1. The Kier molecular flexibility index (Phi) is 4.03. The summed E-state index contributed by atoms with van der Waals surface area (Å²) in [7, 11) is 1.63. The summed E-state index contributed by atoms with van der Waals surface area (Å²) in [5.41, 5.74) is 4.25. The number of aliphatic carboxylic acids is 1. The number of nitrogens with zero attached hydrogens (tertiary/aromatic N) is 3. The van der Waals surface area contributed by atoms with Gasteiger partial charge < -0.3 is 14.8 Å². The summed E-state index contributed by atoms with van der Waals surface area (Å²) in [6, 6.07) is 11.2. The van der Waals surface area contributed by atoms with Crippen LogP contribution in [0.1, 0.15) is 29.2 Å². The molecule has 1 unspecified atom stereocenters. The molecular weight excluding hydrogens is 380 g/mol. The molecule has 0 aliphatic heterocycles. The molecule has 1 saturated carbocycles. The molecule has 30 heavy (non-hydrogen) atoms. The van der Waals surface area contributed by atoms with Crippen molar-refractivity contribution in [1.82, 2.24) is 14.8 Å². The topological polar surface area (TPSA) is 104 Å². The van der Waals surface area contributed by atoms with Crippen molar-refractivity contribution in [2.45, 2.75) is 19.4 Å². The average molecular weight is 400 g/mol. The Labute approximate surface area is 172 Å². The highest BCUT2D eigenvalue weighted by atomic mass is 16.5. The van der Waals surface area contributed by atoms with E-state index in [-0.39, 0.29) is 12.0 Å². The third-order valence-electron chi connectivity index (χ3n) is 6.06. The second-order valence-corrected chi connectivity index (χ2v) is 7.86. The number of rotatable bonds is 5. The Morgan fingerprint density at radius 3 is 2.93 bits per heavy atom. The minimum atomic E-state index is -0.787. The highest BCUT2D eigenvalue weighted by molar-refractivity contribution is 5.89. The molecule has 0 spiro atoms. The van der Waals surface area contributed by atoms with E-state index < -0.39 is 11.9 Å². The molecule has 5 rings (SSSR count). The summed E-state index contributed by atoms with van der Waals surface area (Å²) < 4.78 is 7.59. The summed E-state index contributed by atoms with van der Waals surface area (Å²) in [6.45, 7) is 2.02. The van der Waals surface area contributed by atoms with Crippen molar-refractivity contribution >= 4 is 27.8 Å². The van der Waals surface area contributed by atoms with Gasteiger partial charge in [0.05, 0.1) is 36.2 Å². The fraction of sp³-hybridized carbons (Fsp3) is 0.261. The molecule has 0 amide bonds. The van der Waals surface area contributed by atoms with Crippen LogP contribution in [0.2, 0.25) is 0 Å². The number of nitrogens with one attached hydrogen (secondary N) is 1. The van der Waals surface area contributed by atoms with Crippen molar-refractivity contribution in [2.24, 2.45) is 11.8 Å². The number of ether oxygens (including phenoxy) is 1. The van der Waals surface area contributed by atoms with Crippen LogP contribution in [0.3, 0.4) is 0 Å². The first-order valence-corrected chi connectivity index (χ1v) is 9.78. The largest absolute Gasteiger partial charge is 0.496 e. The molecule has 0 bridgehead atoms. The van der Waals surface area contributed by atoms with Gasteiger partial charge in [0.15, 0.2) is 0 Å². The number of nitriles is 1. The maximum atomic E-state index is 11.7. The lowest BCUT2D eigenvalue weighted by Gasteiger charge is -2.22. The molecule has 1 aliphatic rings. The second-order valence-electron chi connectivity index (χ2n) is 7.86. The number of aryl methyl sites for hydroxylation is 1. The van der Waals surface area contributed by atoms with Crippen LogP contribution in [0.5, 0.6) is 5.75 Å². The quantitative estimate of drug-likeness (QED) is 0.527. The zero-order valence-electron chi connectivity index (χ0n) is 16.6. The van der Waals surface area contributed by atoms with Gasteiger partial charge in [0, 0.05) is 34.2 Å². The number of hydrogen-bond acceptors (Lipinski definition) is 4. The smallest absolute Gasteiger partial charge is 0.306 e. The third-order valence-corrected chi connectivity index (χ3v) is 6.06. The summed E-state index contributed by atoms with van der Waals surface area (Å²) in [6.07, 6.45) is 4.40. The van der Waals surface area contributed by atoms with Gasteiger partial charge in [0.1, 0.15) is 5.75 Å². The van der Waals surface area contributed by atoms with Crippen LogP contribution >= 0.6 is 0 Å². The Bertz CT molecular complexity index is 1340. The van der Waals surface area contributed by atoms with Crippen molar-refractivity contribution in [3.05, 3.63) is 59.4 Å². The zero-order valence-corrected chi connectivity index (χ0v) is 16.6. The van der Waals surface area contributed by atoms with Crippen LogP contribution in [0.25, 0.3) is 21.8 Å². The zero-order chi connectivity index (χ0) is 21.0. The second kappa shape index (κ2) is 6.63. The van der Waals surface area contributed by atoms with Gasteiger partial charge in [-0.1, -0.05) is 0 Å². The van der Waals surface area contributed by atoms with Crippen LogP contribution in [-0.2, 0) is 4.79 Å². The van der Waals surface area contributed by atoms with Gasteiger partial charge in [-0.25, -0.2) is 0 Å². The Hall–Kier alpha value is -3.79. The predicted octanol–water partition coefficient (Wildman–Crippen LogP) is 4.02. The van der Waals surface area contributed by atoms with Gasteiger partial charge in [-0.2, -0.15) is 10.4 Å². The molecule has 0 saturated heterocycles. The van der Waals surface area contributed by atoms with E-state index in [1.165, 1.54) is 0 Å². The number of H-pyrrole nitrogens is 1. The number of carboxylic acids is 1. The first kappa shape index (κ1) is 18.3. The number of aromatic nitrogens is 3. The lowest BCUT2D eigenvalue weighted by atomic mass is 9.94. The number of aromatic amines is 1. The normalized spacial score (nSPS) is 19.0. The summed E-state index contributed by atoms with van der Waals surface area (Å²) in [5.74, 6) is -0.582. The van der Waals surface area contributed by atoms with Crippen molar-refractivity contribution in [3.63, 3.8) is 0 Å². The minimum absolute atomic E-state index is 0.0954. The van der Waals surface area contributed by atoms with Gasteiger partial charge in [-0.05, 0) is 55.2 Å². The van der Waals surface area contributed by atoms with Crippen LogP contribution in [0.15, 0.2) is 42.7 Å². The highest BCUT2D eigenvalue weighted by Crippen LogP contribution is 2.52. The highest BCUT2D eigenvalue weighted by Gasteiger charge is 2.50. The third kappa shape index (κ3) is 2.72. The van der Waals surface area contributed by atoms with Crippen molar-refractivity contribution in [2.75, 3.05) is 7.11 Å². The summed E-state index contributed by atoms with van der Waals surface area (Å²) >= 11 is 0. The van der Waals surface area contributed by atoms with Crippen molar-refractivity contribution in [3.8, 4) is 11.8 Å². The Morgan fingerprint density at radius 2 is 2.23 bits per heavy atom. The summed E-state index contributed by atoms with van der Waals surface area (Å²) in [4.78, 5) is 15.0. The molecule has 7 nitrogen and oxygen atoms in total. The SMILES string of the molecule is COc1cc(C)c2[nH]ccc2c1C([C@H]1C[C@@H]1C(=O)O)n1cc2ccc(C#N)cc2n1. The number of hydrogen-bond donors (Lipinski definition) is 2. The molecule has 150 valence electrons. The van der Waals surface area contributed by atoms with Crippen LogP contribution < -0.4 is 4.74 Å². The van der Waals surface area contributed by atoms with Gasteiger partial charge in [-0.3, -0.25) is 9.48 Å². The molecule has 1 aliphatic carbocycles. The molecule has 2 heterocycles. The van der Waals surface area contributed by atoms with E-state index in [1.54, 1.807) is 19.2 Å². The molecule has 2 aromatic heterocycles. The van der Waals surface area contributed by atoms with E-state index in [2.05, 4.69) is 11.1 Å². The molecule has 4 aromatic rings. The Balaban J connectivity index is 1.75. The van der Waals surface area contributed by atoms with Gasteiger partial charge >= 0.3 is 5.97 Å². The molecule has 1 fully saturated rings. The van der Waals surface area contributed by atoms with Crippen LogP contribution in [-0.4, -0.2) is 33.0 Å². The molecule has 3 atom stereocenters. The van der Waals surface area contributed by atoms with Gasteiger partial charge in [0.25, 0.3) is 0 Å². The maximum Gasteiger partial charge on any atom is 0.306 e. The van der Waals surface area contributed by atoms with Gasteiger partial charge in [0.2, 0.25) is 0 Å². The van der Waals surface area contributed by atoms with E-state index in [0.29, 0.717) is 17.5 Å². The van der Waals surface area contributed by atoms with E-state index in [1.807, 2.05) is 42.2 Å². The van der Waals surface area contributed by atoms with Crippen LogP contribution in [0.4, 0.5) is 0 Å². The monoisotopic (exact) mass is 400 g/mol. The number of benzene rings is 2. The van der Waals surface area contributed by atoms with E-state index in [9.17, 15) is 15.2 Å². The minimum Gasteiger partial charge on any atom is -0.496 e. The van der Waals surface area contributed by atoms with Crippen LogP contribution in [0, 0.1) is 30.1 Å². The molecule has 7 heteroatoms. The molecule has 2 aromatic carbocycles. The lowest BCUT2D eigenvalue weighted by Crippen LogP contribution is -2.18. The van der Waals surface area contributed by atoms with E-state index in [4.69, 9.17) is 9.84 Å². The maximum absolute atomic E-state index is 11.7. The Morgan fingerprint density at radius 1 is 1.40 bits per heavy atom. The van der Waals surface area contributed by atoms with Crippen molar-refractivity contribution < 1.29 is 14.6 Å². The van der Waals surface area contributed by atoms with E-state index >= 15 is 0 Å². The lowest BCUT2D eigenvalue weighted by molar-refractivity contribution is -0.138. The molecule has 0 radical (unpaired) electrons. The number of fused-ring (bicyclic) bond motifs is 2. The fourth-order valence-electron chi connectivity index (χ4n) is 4.51.